The molecule has 2 aromatic carbocycles. The number of halogens is 7. The third-order valence-electron chi connectivity index (χ3n) is 4.52. The van der Waals surface area contributed by atoms with E-state index in [1.807, 2.05) is 0 Å². The Morgan fingerprint density at radius 3 is 2.16 bits per heavy atom. The Morgan fingerprint density at radius 1 is 0.947 bits per heavy atom. The van der Waals surface area contributed by atoms with E-state index >= 15 is 0 Å². The van der Waals surface area contributed by atoms with Crippen molar-refractivity contribution in [2.24, 2.45) is 0 Å². The number of aromatic nitrogens is 1. The highest BCUT2D eigenvalue weighted by atomic mass is 19.4. The van der Waals surface area contributed by atoms with E-state index in [0.29, 0.717) is 17.6 Å². The Kier molecular flexibility index (Phi) is 9.46. The molecule has 8 nitrogen and oxygen atoms in total. The van der Waals surface area contributed by atoms with Gasteiger partial charge in [0, 0.05) is 31.1 Å². The zero-order valence-electron chi connectivity index (χ0n) is 19.5. The van der Waals surface area contributed by atoms with Crippen LogP contribution in [0.1, 0.15) is 15.9 Å². The van der Waals surface area contributed by atoms with Crippen LogP contribution >= 0.6 is 0 Å². The largest absolute Gasteiger partial charge is 0.497 e. The Bertz CT molecular complexity index is 1300. The predicted molar refractivity (Wildman–Crippen MR) is 122 cm³/mol. The van der Waals surface area contributed by atoms with Crippen molar-refractivity contribution in [3.8, 4) is 5.75 Å². The van der Waals surface area contributed by atoms with Gasteiger partial charge in [0.25, 0.3) is 5.91 Å². The first-order chi connectivity index (χ1) is 17.6. The molecule has 0 spiro atoms. The van der Waals surface area contributed by atoms with Gasteiger partial charge in [-0.25, -0.2) is 14.2 Å². The third kappa shape index (κ3) is 8.25. The summed E-state index contributed by atoms with van der Waals surface area (Å²) in [6.45, 7) is 0. The third-order valence-corrected chi connectivity index (χ3v) is 4.52. The maximum Gasteiger partial charge on any atom is 0.490 e. The number of carboxylic acids is 1. The second-order valence-corrected chi connectivity index (χ2v) is 7.17. The van der Waals surface area contributed by atoms with Gasteiger partial charge in [0.15, 0.2) is 0 Å². The summed E-state index contributed by atoms with van der Waals surface area (Å²) in [4.78, 5) is 24.8. The fourth-order valence-corrected chi connectivity index (χ4v) is 2.79. The molecule has 1 amide bonds. The van der Waals surface area contributed by atoms with Gasteiger partial charge in [-0.05, 0) is 30.3 Å². The minimum Gasteiger partial charge on any atom is -0.497 e. The molecule has 38 heavy (non-hydrogen) atoms. The Labute approximate surface area is 210 Å². The van der Waals surface area contributed by atoms with Gasteiger partial charge < -0.3 is 25.8 Å². The van der Waals surface area contributed by atoms with Gasteiger partial charge in [0.05, 0.1) is 29.6 Å². The number of aliphatic carboxylic acids is 1. The van der Waals surface area contributed by atoms with Gasteiger partial charge >= 0.3 is 18.3 Å². The molecular weight excluding hydrogens is 529 g/mol. The molecule has 3 aromatic rings. The summed E-state index contributed by atoms with van der Waals surface area (Å²) in [6.07, 6.45) is -9.12. The Morgan fingerprint density at radius 2 is 1.61 bits per heavy atom. The monoisotopic (exact) mass is 548 g/mol. The lowest BCUT2D eigenvalue weighted by Crippen LogP contribution is -2.21. The van der Waals surface area contributed by atoms with E-state index in [2.05, 4.69) is 20.9 Å². The normalized spacial score (nSPS) is 11.1. The second kappa shape index (κ2) is 12.1. The number of hydrogen-bond acceptors (Lipinski definition) is 6. The number of amides is 1. The van der Waals surface area contributed by atoms with Gasteiger partial charge in [-0.15, -0.1) is 0 Å². The molecule has 204 valence electrons. The van der Waals surface area contributed by atoms with Gasteiger partial charge in [-0.3, -0.25) is 4.79 Å². The van der Waals surface area contributed by atoms with Crippen LogP contribution in [-0.4, -0.2) is 42.3 Å². The van der Waals surface area contributed by atoms with Crippen LogP contribution in [0.2, 0.25) is 0 Å². The zero-order chi connectivity index (χ0) is 28.7. The van der Waals surface area contributed by atoms with Crippen LogP contribution in [0, 0.1) is 5.82 Å². The molecule has 0 unspecified atom stereocenters. The van der Waals surface area contributed by atoms with Gasteiger partial charge in [-0.2, -0.15) is 26.3 Å². The number of nitrogens with one attached hydrogen (secondary N) is 3. The first kappa shape index (κ1) is 29.7. The standard InChI is InChI=1S/C21H18F4N4O2.C2HF3O2/c1-26-20(30)15-8-12(22)6-7-17(15)29-18-10-19(27-11-16(18)21(23,24)25)28-13-4-3-5-14(9-13)31-2;3-2(4,5)1(6)7/h3-11H,1-2H3,(H,26,30)(H2,27,28,29);(H,6,7). The molecular formula is C23H19F7N4O4. The average Bonchev–Trinajstić information content (AvgIpc) is 2.84. The van der Waals surface area contributed by atoms with Crippen LogP contribution in [0.3, 0.4) is 0 Å². The molecule has 0 saturated carbocycles. The molecule has 0 atom stereocenters. The summed E-state index contributed by atoms with van der Waals surface area (Å²) in [5.41, 5.74) is -0.995. The minimum absolute atomic E-state index is 0.00443. The second-order valence-electron chi connectivity index (χ2n) is 7.17. The van der Waals surface area contributed by atoms with Crippen molar-refractivity contribution in [3.05, 3.63) is 71.7 Å². The first-order valence-electron chi connectivity index (χ1n) is 10.2. The average molecular weight is 548 g/mol. The molecule has 0 radical (unpaired) electrons. The number of carbonyl (C=O) groups excluding carboxylic acids is 1. The maximum absolute atomic E-state index is 13.6. The van der Waals surface area contributed by atoms with E-state index in [9.17, 15) is 35.5 Å². The molecule has 0 aliphatic rings. The topological polar surface area (TPSA) is 113 Å². The Balaban J connectivity index is 0.000000638. The number of carbonyl (C=O) groups is 2. The quantitative estimate of drug-likeness (QED) is 0.291. The number of alkyl halides is 6. The Hall–Kier alpha value is -4.56. The van der Waals surface area contributed by atoms with E-state index in [4.69, 9.17) is 14.6 Å². The molecule has 4 N–H and O–H groups in total. The van der Waals surface area contributed by atoms with Crippen LogP contribution in [0.5, 0.6) is 5.75 Å². The lowest BCUT2D eigenvalue weighted by molar-refractivity contribution is -0.192. The summed E-state index contributed by atoms with van der Waals surface area (Å²) in [7, 11) is 2.82. The molecule has 15 heteroatoms. The number of hydrogen-bond donors (Lipinski definition) is 4. The number of anilines is 4. The number of pyridine rings is 1. The summed E-state index contributed by atoms with van der Waals surface area (Å²) in [5.74, 6) is -3.44. The highest BCUT2D eigenvalue weighted by Crippen LogP contribution is 2.37. The van der Waals surface area contributed by atoms with Crippen LogP contribution < -0.4 is 20.7 Å². The highest BCUT2D eigenvalue weighted by Gasteiger charge is 2.38. The lowest BCUT2D eigenvalue weighted by Gasteiger charge is -2.18. The van der Waals surface area contributed by atoms with Crippen molar-refractivity contribution in [3.63, 3.8) is 0 Å². The summed E-state index contributed by atoms with van der Waals surface area (Å²) >= 11 is 0. The molecule has 0 aliphatic carbocycles. The van der Waals surface area contributed by atoms with Crippen molar-refractivity contribution >= 4 is 34.8 Å². The molecule has 1 aromatic heterocycles. The SMILES string of the molecule is CNC(=O)c1cc(F)ccc1Nc1cc(Nc2cccc(OC)c2)ncc1C(F)(F)F.O=C(O)C(F)(F)F. The van der Waals surface area contributed by atoms with E-state index in [0.717, 1.165) is 18.2 Å². The summed E-state index contributed by atoms with van der Waals surface area (Å²) in [5, 5.41) is 14.9. The summed E-state index contributed by atoms with van der Waals surface area (Å²) < 4.78 is 91.1. The number of carboxylic acid groups (broad SMARTS) is 1. The molecule has 0 saturated heterocycles. The van der Waals surface area contributed by atoms with Crippen molar-refractivity contribution in [2.75, 3.05) is 24.8 Å². The van der Waals surface area contributed by atoms with Crippen LogP contribution in [-0.2, 0) is 11.0 Å². The fraction of sp³-hybridized carbons (Fsp3) is 0.174. The van der Waals surface area contributed by atoms with Crippen LogP contribution in [0.4, 0.5) is 53.6 Å². The molecule has 1 heterocycles. The molecule has 0 fully saturated rings. The van der Waals surface area contributed by atoms with Gasteiger partial charge in [0.1, 0.15) is 17.4 Å². The minimum atomic E-state index is -5.08. The first-order valence-corrected chi connectivity index (χ1v) is 10.2. The smallest absolute Gasteiger partial charge is 0.490 e. The van der Waals surface area contributed by atoms with Crippen LogP contribution in [0.25, 0.3) is 0 Å². The van der Waals surface area contributed by atoms with E-state index in [1.165, 1.54) is 20.2 Å². The van der Waals surface area contributed by atoms with Crippen molar-refractivity contribution in [2.45, 2.75) is 12.4 Å². The lowest BCUT2D eigenvalue weighted by atomic mass is 10.1. The number of benzene rings is 2. The number of rotatable bonds is 6. The van der Waals surface area contributed by atoms with Crippen molar-refractivity contribution < 1.29 is 50.2 Å². The molecule has 0 bridgehead atoms. The fourth-order valence-electron chi connectivity index (χ4n) is 2.79. The zero-order valence-corrected chi connectivity index (χ0v) is 19.5. The highest BCUT2D eigenvalue weighted by molar-refractivity contribution is 6.00. The van der Waals surface area contributed by atoms with E-state index in [-0.39, 0.29) is 22.8 Å². The van der Waals surface area contributed by atoms with Crippen molar-refractivity contribution in [1.29, 1.82) is 0 Å². The molecule has 0 aliphatic heterocycles. The van der Waals surface area contributed by atoms with Crippen LogP contribution in [0.15, 0.2) is 54.7 Å². The number of nitrogens with zero attached hydrogens (tertiary/aromatic N) is 1. The van der Waals surface area contributed by atoms with Crippen molar-refractivity contribution in [1.82, 2.24) is 10.3 Å². The van der Waals surface area contributed by atoms with E-state index in [1.54, 1.807) is 24.3 Å². The maximum atomic E-state index is 13.6. The predicted octanol–water partition coefficient (Wildman–Crippen LogP) is 5.73. The summed E-state index contributed by atoms with van der Waals surface area (Å²) in [6, 6.07) is 11.1. The van der Waals surface area contributed by atoms with Gasteiger partial charge in [0.2, 0.25) is 0 Å². The number of methoxy groups -OCH3 is 1. The van der Waals surface area contributed by atoms with E-state index < -0.39 is 35.6 Å². The molecule has 3 rings (SSSR count). The van der Waals surface area contributed by atoms with Gasteiger partial charge in [-0.1, -0.05) is 6.07 Å². The number of ether oxygens (including phenoxy) is 1.